The van der Waals surface area contributed by atoms with Crippen LogP contribution < -0.4 is 0 Å². The topological polar surface area (TPSA) is 15.6 Å². The van der Waals surface area contributed by atoms with Crippen molar-refractivity contribution in [3.05, 3.63) is 60.1 Å². The molecule has 92 valence electrons. The average Bonchev–Trinajstić information content (AvgIpc) is 2.34. The quantitative estimate of drug-likeness (QED) is 0.644. The molecule has 2 nitrogen and oxygen atoms in total. The molecule has 0 aromatic carbocycles. The highest BCUT2D eigenvalue weighted by Gasteiger charge is 2.43. The summed E-state index contributed by atoms with van der Waals surface area (Å²) in [5.74, 6) is -0.953. The molecule has 5 heteroatoms. The number of hydrogen-bond donors (Lipinski definition) is 0. The van der Waals surface area contributed by atoms with Crippen LogP contribution in [0, 0.1) is 5.92 Å². The molecule has 0 aromatic heterocycles. The van der Waals surface area contributed by atoms with Crippen LogP contribution in [0.1, 0.15) is 0 Å². The second kappa shape index (κ2) is 3.73. The Kier molecular flexibility index (Phi) is 2.29. The standard InChI is InChI=1S/C13H9F3N2/c14-13(15,16)10-4-3-5-11-9(10)8-18-7-2-1-6-12(18)17-11/h1-8,10H. The van der Waals surface area contributed by atoms with Crippen molar-refractivity contribution < 1.29 is 13.2 Å². The first-order chi connectivity index (χ1) is 8.55. The van der Waals surface area contributed by atoms with Gasteiger partial charge in [-0.1, -0.05) is 18.2 Å². The van der Waals surface area contributed by atoms with Gasteiger partial charge in [0, 0.05) is 18.0 Å². The first kappa shape index (κ1) is 11.1. The van der Waals surface area contributed by atoms with Crippen LogP contribution in [0.5, 0.6) is 0 Å². The highest BCUT2D eigenvalue weighted by Crippen LogP contribution is 2.40. The molecule has 0 saturated heterocycles. The van der Waals surface area contributed by atoms with Gasteiger partial charge in [0.25, 0.3) is 0 Å². The van der Waals surface area contributed by atoms with Gasteiger partial charge in [-0.15, -0.1) is 0 Å². The van der Waals surface area contributed by atoms with Crippen LogP contribution >= 0.6 is 0 Å². The molecule has 1 unspecified atom stereocenters. The Balaban J connectivity index is 2.04. The number of aliphatic imine (C=N–C) groups is 1. The Labute approximate surface area is 102 Å². The molecule has 2 aliphatic heterocycles. The number of amidine groups is 1. The zero-order valence-electron chi connectivity index (χ0n) is 9.22. The summed E-state index contributed by atoms with van der Waals surface area (Å²) in [6, 6.07) is 0. The van der Waals surface area contributed by atoms with Crippen molar-refractivity contribution in [2.45, 2.75) is 6.18 Å². The maximum atomic E-state index is 12.9. The van der Waals surface area contributed by atoms with Crippen LogP contribution in [0.3, 0.4) is 0 Å². The van der Waals surface area contributed by atoms with E-state index >= 15 is 0 Å². The predicted octanol–water partition coefficient (Wildman–Crippen LogP) is 3.30. The van der Waals surface area contributed by atoms with E-state index in [0.717, 1.165) is 6.08 Å². The number of rotatable bonds is 0. The van der Waals surface area contributed by atoms with Crippen molar-refractivity contribution in [1.82, 2.24) is 4.90 Å². The van der Waals surface area contributed by atoms with Crippen molar-refractivity contribution >= 4 is 5.84 Å². The highest BCUT2D eigenvalue weighted by molar-refractivity contribution is 5.97. The van der Waals surface area contributed by atoms with Crippen molar-refractivity contribution in [3.63, 3.8) is 0 Å². The van der Waals surface area contributed by atoms with Crippen LogP contribution in [0.4, 0.5) is 13.2 Å². The number of alkyl halides is 3. The van der Waals surface area contributed by atoms with Gasteiger partial charge < -0.3 is 4.90 Å². The molecular formula is C13H9F3N2. The molecule has 1 atom stereocenters. The molecule has 18 heavy (non-hydrogen) atoms. The van der Waals surface area contributed by atoms with E-state index in [1.165, 1.54) is 12.3 Å². The van der Waals surface area contributed by atoms with Gasteiger partial charge >= 0.3 is 6.18 Å². The first-order valence-electron chi connectivity index (χ1n) is 5.45. The number of halogens is 3. The molecule has 0 fully saturated rings. The zero-order chi connectivity index (χ0) is 12.8. The summed E-state index contributed by atoms with van der Waals surface area (Å²) in [4.78, 5) is 5.84. The van der Waals surface area contributed by atoms with E-state index in [1.807, 2.05) is 0 Å². The fourth-order valence-corrected chi connectivity index (χ4v) is 2.07. The monoisotopic (exact) mass is 250 g/mol. The molecule has 0 aromatic rings. The summed E-state index contributed by atoms with van der Waals surface area (Å²) in [6.07, 6.45) is 8.38. The molecule has 1 aliphatic carbocycles. The van der Waals surface area contributed by atoms with Crippen LogP contribution in [0.15, 0.2) is 65.1 Å². The average molecular weight is 250 g/mol. The summed E-state index contributed by atoms with van der Waals surface area (Å²) in [6.45, 7) is 0. The third kappa shape index (κ3) is 1.72. The van der Waals surface area contributed by atoms with Crippen LogP contribution in [0.25, 0.3) is 0 Å². The van der Waals surface area contributed by atoms with Crippen LogP contribution in [-0.4, -0.2) is 16.9 Å². The molecule has 0 saturated carbocycles. The van der Waals surface area contributed by atoms with Crippen LogP contribution in [-0.2, 0) is 0 Å². The molecule has 3 rings (SSSR count). The summed E-state index contributed by atoms with van der Waals surface area (Å²) in [7, 11) is 0. The fourth-order valence-electron chi connectivity index (χ4n) is 2.07. The fraction of sp³-hybridized carbons (Fsp3) is 0.154. The van der Waals surface area contributed by atoms with Crippen molar-refractivity contribution in [2.75, 3.05) is 0 Å². The van der Waals surface area contributed by atoms with Gasteiger partial charge in [0.2, 0.25) is 0 Å². The van der Waals surface area contributed by atoms with E-state index in [-0.39, 0.29) is 5.57 Å². The lowest BCUT2D eigenvalue weighted by Crippen LogP contribution is -2.31. The van der Waals surface area contributed by atoms with Gasteiger partial charge in [0.05, 0.1) is 5.70 Å². The summed E-state index contributed by atoms with van der Waals surface area (Å²) < 4.78 is 38.8. The largest absolute Gasteiger partial charge is 0.399 e. The van der Waals surface area contributed by atoms with E-state index in [1.54, 1.807) is 35.4 Å². The minimum Gasteiger partial charge on any atom is -0.308 e. The normalized spacial score (nSPS) is 25.2. The lowest BCUT2D eigenvalue weighted by atomic mass is 9.91. The second-order valence-corrected chi connectivity index (χ2v) is 4.12. The van der Waals surface area contributed by atoms with Crippen molar-refractivity contribution in [2.24, 2.45) is 10.9 Å². The Morgan fingerprint density at radius 2 is 2.00 bits per heavy atom. The summed E-state index contributed by atoms with van der Waals surface area (Å²) in [5, 5.41) is 0. The van der Waals surface area contributed by atoms with E-state index in [2.05, 4.69) is 4.99 Å². The highest BCUT2D eigenvalue weighted by atomic mass is 19.4. The van der Waals surface area contributed by atoms with Gasteiger partial charge in [-0.25, -0.2) is 4.99 Å². The molecule has 0 N–H and O–H groups in total. The maximum absolute atomic E-state index is 12.9. The van der Waals surface area contributed by atoms with Gasteiger partial charge in [-0.3, -0.25) is 0 Å². The number of allylic oxidation sites excluding steroid dienone is 6. The van der Waals surface area contributed by atoms with Gasteiger partial charge in [0.1, 0.15) is 11.8 Å². The van der Waals surface area contributed by atoms with Gasteiger partial charge in [-0.05, 0) is 18.2 Å². The summed E-state index contributed by atoms with van der Waals surface area (Å²) in [5.41, 5.74) is 0.569. The zero-order valence-corrected chi connectivity index (χ0v) is 9.22. The molecule has 0 radical (unpaired) electrons. The number of nitrogens with zero attached hydrogens (tertiary/aromatic N) is 2. The van der Waals surface area contributed by atoms with E-state index in [9.17, 15) is 13.2 Å². The Morgan fingerprint density at radius 1 is 1.17 bits per heavy atom. The SMILES string of the molecule is FC(F)(F)C1C=CC=C2N=C3C=CC=CN3C=C21. The van der Waals surface area contributed by atoms with Gasteiger partial charge in [-0.2, -0.15) is 13.2 Å². The predicted molar refractivity (Wildman–Crippen MR) is 62.4 cm³/mol. The third-order valence-corrected chi connectivity index (χ3v) is 2.92. The first-order valence-corrected chi connectivity index (χ1v) is 5.45. The molecule has 0 bridgehead atoms. The number of fused-ring (bicyclic) bond motifs is 2. The molecule has 0 amide bonds. The smallest absolute Gasteiger partial charge is 0.308 e. The Morgan fingerprint density at radius 3 is 2.78 bits per heavy atom. The maximum Gasteiger partial charge on any atom is 0.399 e. The minimum absolute atomic E-state index is 0.189. The molecule has 0 spiro atoms. The van der Waals surface area contributed by atoms with Crippen LogP contribution in [0.2, 0.25) is 0 Å². The molecular weight excluding hydrogens is 241 g/mol. The summed E-state index contributed by atoms with van der Waals surface area (Å²) >= 11 is 0. The Bertz CT molecular complexity index is 559. The molecule has 2 heterocycles. The van der Waals surface area contributed by atoms with Crippen molar-refractivity contribution in [3.8, 4) is 0 Å². The number of hydrogen-bond acceptors (Lipinski definition) is 2. The van der Waals surface area contributed by atoms with E-state index in [4.69, 9.17) is 0 Å². The molecule has 3 aliphatic rings. The lowest BCUT2D eigenvalue weighted by Gasteiger charge is -2.30. The second-order valence-electron chi connectivity index (χ2n) is 4.12. The third-order valence-electron chi connectivity index (χ3n) is 2.92. The van der Waals surface area contributed by atoms with E-state index < -0.39 is 12.1 Å². The Hall–Kier alpha value is -2.04. The van der Waals surface area contributed by atoms with Gasteiger partial charge in [0.15, 0.2) is 0 Å². The van der Waals surface area contributed by atoms with E-state index in [0.29, 0.717) is 11.5 Å². The lowest BCUT2D eigenvalue weighted by molar-refractivity contribution is -0.151. The minimum atomic E-state index is -4.29. The van der Waals surface area contributed by atoms with Crippen molar-refractivity contribution in [1.29, 1.82) is 0 Å².